The van der Waals surface area contributed by atoms with Gasteiger partial charge >= 0.3 is 5.97 Å². The first-order valence-electron chi connectivity index (χ1n) is 8.04. The van der Waals surface area contributed by atoms with Gasteiger partial charge in [0.05, 0.1) is 13.0 Å². The van der Waals surface area contributed by atoms with Crippen molar-refractivity contribution in [1.29, 1.82) is 0 Å². The van der Waals surface area contributed by atoms with Gasteiger partial charge in [-0.15, -0.1) is 0 Å². The second-order valence-electron chi connectivity index (χ2n) is 5.72. The van der Waals surface area contributed by atoms with Crippen molar-refractivity contribution < 1.29 is 14.3 Å². The molecule has 1 aliphatic rings. The topological polar surface area (TPSA) is 46.6 Å². The van der Waals surface area contributed by atoms with Crippen molar-refractivity contribution >= 4 is 11.9 Å². The highest BCUT2D eigenvalue weighted by atomic mass is 16.5. The van der Waals surface area contributed by atoms with E-state index in [1.165, 1.54) is 32.8 Å². The molecule has 1 heterocycles. The summed E-state index contributed by atoms with van der Waals surface area (Å²) in [6.45, 7) is 3.54. The molecule has 116 valence electrons. The molecule has 20 heavy (non-hydrogen) atoms. The van der Waals surface area contributed by atoms with Crippen LogP contribution in [0, 0.1) is 5.92 Å². The fraction of sp³-hybridized carbons (Fsp3) is 0.875. The number of carbonyl (C=O) groups excluding carboxylic acids is 2. The van der Waals surface area contributed by atoms with Gasteiger partial charge in [0.25, 0.3) is 0 Å². The summed E-state index contributed by atoms with van der Waals surface area (Å²) in [5.74, 6) is -0.0987. The smallest absolute Gasteiger partial charge is 0.310 e. The minimum Gasteiger partial charge on any atom is -0.469 e. The zero-order valence-corrected chi connectivity index (χ0v) is 13.0. The lowest BCUT2D eigenvalue weighted by molar-refractivity contribution is -0.149. The van der Waals surface area contributed by atoms with E-state index < -0.39 is 0 Å². The van der Waals surface area contributed by atoms with E-state index >= 15 is 0 Å². The number of esters is 1. The minimum absolute atomic E-state index is 0.123. The Labute approximate surface area is 122 Å². The highest BCUT2D eigenvalue weighted by Crippen LogP contribution is 2.19. The van der Waals surface area contributed by atoms with Crippen LogP contribution in [0.2, 0.25) is 0 Å². The summed E-state index contributed by atoms with van der Waals surface area (Å²) in [5.41, 5.74) is 0. The van der Waals surface area contributed by atoms with Gasteiger partial charge < -0.3 is 9.64 Å². The van der Waals surface area contributed by atoms with Gasteiger partial charge in [-0.25, -0.2) is 0 Å². The van der Waals surface area contributed by atoms with Crippen LogP contribution in [-0.2, 0) is 14.3 Å². The molecule has 4 heteroatoms. The standard InChI is InChI=1S/C16H29NO3/c1-3-4-5-6-7-8-11-15(18)17-12-9-10-14(13-17)16(19)20-2/h14H,3-13H2,1-2H3. The average molecular weight is 283 g/mol. The minimum atomic E-state index is -0.179. The van der Waals surface area contributed by atoms with Crippen molar-refractivity contribution in [3.05, 3.63) is 0 Å². The molecule has 0 radical (unpaired) electrons. The Balaban J connectivity index is 2.20. The van der Waals surface area contributed by atoms with Crippen molar-refractivity contribution in [2.24, 2.45) is 5.92 Å². The third-order valence-corrected chi connectivity index (χ3v) is 4.05. The van der Waals surface area contributed by atoms with Gasteiger partial charge in [0.2, 0.25) is 5.91 Å². The number of carbonyl (C=O) groups is 2. The lowest BCUT2D eigenvalue weighted by atomic mass is 9.97. The number of piperidine rings is 1. The van der Waals surface area contributed by atoms with Crippen molar-refractivity contribution in [2.45, 2.75) is 64.7 Å². The largest absolute Gasteiger partial charge is 0.469 e. The van der Waals surface area contributed by atoms with Gasteiger partial charge in [0.1, 0.15) is 0 Å². The summed E-state index contributed by atoms with van der Waals surface area (Å²) in [5, 5.41) is 0. The van der Waals surface area contributed by atoms with E-state index in [4.69, 9.17) is 4.74 Å². The quantitative estimate of drug-likeness (QED) is 0.508. The van der Waals surface area contributed by atoms with E-state index in [1.807, 2.05) is 4.90 Å². The Bertz CT molecular complexity index is 304. The summed E-state index contributed by atoms with van der Waals surface area (Å²) in [7, 11) is 1.42. The van der Waals surface area contributed by atoms with E-state index in [1.54, 1.807) is 0 Å². The molecule has 1 unspecified atom stereocenters. The zero-order valence-electron chi connectivity index (χ0n) is 13.0. The third-order valence-electron chi connectivity index (χ3n) is 4.05. The van der Waals surface area contributed by atoms with Gasteiger partial charge in [-0.3, -0.25) is 9.59 Å². The Kier molecular flexibility index (Phi) is 8.31. The van der Waals surface area contributed by atoms with Crippen molar-refractivity contribution in [3.8, 4) is 0 Å². The molecule has 0 aliphatic carbocycles. The molecule has 0 bridgehead atoms. The van der Waals surface area contributed by atoms with Crippen LogP contribution in [0.1, 0.15) is 64.7 Å². The monoisotopic (exact) mass is 283 g/mol. The second kappa shape index (κ2) is 9.78. The van der Waals surface area contributed by atoms with E-state index in [9.17, 15) is 9.59 Å². The average Bonchev–Trinajstić information content (AvgIpc) is 2.49. The van der Waals surface area contributed by atoms with Crippen molar-refractivity contribution in [3.63, 3.8) is 0 Å². The molecule has 1 saturated heterocycles. The lowest BCUT2D eigenvalue weighted by Crippen LogP contribution is -2.42. The SMILES string of the molecule is CCCCCCCCC(=O)N1CCCC(C(=O)OC)C1. The maximum Gasteiger partial charge on any atom is 0.310 e. The molecular weight excluding hydrogens is 254 g/mol. The van der Waals surface area contributed by atoms with Crippen LogP contribution in [-0.4, -0.2) is 37.0 Å². The number of hydrogen-bond donors (Lipinski definition) is 0. The fourth-order valence-electron chi connectivity index (χ4n) is 2.78. The molecule has 0 aromatic carbocycles. The Morgan fingerprint density at radius 3 is 2.55 bits per heavy atom. The lowest BCUT2D eigenvalue weighted by Gasteiger charge is -2.31. The van der Waals surface area contributed by atoms with E-state index in [2.05, 4.69) is 6.92 Å². The maximum absolute atomic E-state index is 12.1. The van der Waals surface area contributed by atoms with Crippen LogP contribution in [0.25, 0.3) is 0 Å². The second-order valence-corrected chi connectivity index (χ2v) is 5.72. The summed E-state index contributed by atoms with van der Waals surface area (Å²) < 4.78 is 4.78. The molecule has 0 N–H and O–H groups in total. The molecular formula is C16H29NO3. The zero-order chi connectivity index (χ0) is 14.8. The van der Waals surface area contributed by atoms with E-state index in [-0.39, 0.29) is 17.8 Å². The summed E-state index contributed by atoms with van der Waals surface area (Å²) in [6.07, 6.45) is 9.53. The van der Waals surface area contributed by atoms with Gasteiger partial charge in [-0.05, 0) is 19.3 Å². The van der Waals surface area contributed by atoms with Crippen LogP contribution in [0.5, 0.6) is 0 Å². The number of unbranched alkanes of at least 4 members (excludes halogenated alkanes) is 5. The van der Waals surface area contributed by atoms with Gasteiger partial charge in [0.15, 0.2) is 0 Å². The molecule has 1 fully saturated rings. The Morgan fingerprint density at radius 1 is 1.15 bits per heavy atom. The molecule has 4 nitrogen and oxygen atoms in total. The van der Waals surface area contributed by atoms with Gasteiger partial charge in [0, 0.05) is 19.5 Å². The Morgan fingerprint density at radius 2 is 1.85 bits per heavy atom. The third kappa shape index (κ3) is 5.93. The van der Waals surface area contributed by atoms with Crippen LogP contribution in [0.15, 0.2) is 0 Å². The molecule has 1 aliphatic heterocycles. The van der Waals surface area contributed by atoms with Crippen LogP contribution in [0.3, 0.4) is 0 Å². The number of nitrogens with zero attached hydrogens (tertiary/aromatic N) is 1. The first-order valence-corrected chi connectivity index (χ1v) is 8.04. The predicted octanol–water partition coefficient (Wildman–Crippen LogP) is 3.15. The molecule has 1 rings (SSSR count). The van der Waals surface area contributed by atoms with Crippen LogP contribution in [0.4, 0.5) is 0 Å². The number of likely N-dealkylation sites (tertiary alicyclic amines) is 1. The first-order chi connectivity index (χ1) is 9.69. The van der Waals surface area contributed by atoms with Crippen LogP contribution < -0.4 is 0 Å². The summed E-state index contributed by atoms with van der Waals surface area (Å²) in [6, 6.07) is 0. The number of ether oxygens (including phenoxy) is 1. The molecule has 1 atom stereocenters. The number of amides is 1. The molecule has 0 aromatic rings. The summed E-state index contributed by atoms with van der Waals surface area (Å²) >= 11 is 0. The molecule has 0 aromatic heterocycles. The van der Waals surface area contributed by atoms with E-state index in [0.29, 0.717) is 13.0 Å². The Hall–Kier alpha value is -1.06. The molecule has 0 spiro atoms. The fourth-order valence-corrected chi connectivity index (χ4v) is 2.78. The molecule has 0 saturated carbocycles. The predicted molar refractivity (Wildman–Crippen MR) is 79.3 cm³/mol. The van der Waals surface area contributed by atoms with E-state index in [0.717, 1.165) is 32.2 Å². The number of methoxy groups -OCH3 is 1. The first kappa shape index (κ1) is 17.0. The van der Waals surface area contributed by atoms with Crippen molar-refractivity contribution in [2.75, 3.05) is 20.2 Å². The van der Waals surface area contributed by atoms with Gasteiger partial charge in [-0.2, -0.15) is 0 Å². The van der Waals surface area contributed by atoms with Crippen LogP contribution >= 0.6 is 0 Å². The van der Waals surface area contributed by atoms with Crippen molar-refractivity contribution in [1.82, 2.24) is 4.90 Å². The molecule has 1 amide bonds. The number of hydrogen-bond acceptors (Lipinski definition) is 3. The maximum atomic E-state index is 12.1. The normalized spacial score (nSPS) is 18.9. The number of rotatable bonds is 8. The van der Waals surface area contributed by atoms with Gasteiger partial charge in [-0.1, -0.05) is 39.0 Å². The highest BCUT2D eigenvalue weighted by molar-refractivity contribution is 5.78. The highest BCUT2D eigenvalue weighted by Gasteiger charge is 2.28. The summed E-state index contributed by atoms with van der Waals surface area (Å²) in [4.78, 5) is 25.5.